The van der Waals surface area contributed by atoms with Gasteiger partial charge in [-0.3, -0.25) is 19.7 Å². The lowest BCUT2D eigenvalue weighted by molar-refractivity contribution is -0.118. The quantitative estimate of drug-likeness (QED) is 0.0415. The summed E-state index contributed by atoms with van der Waals surface area (Å²) in [6.45, 7) is -0.846. The molecule has 1 aliphatic heterocycles. The third-order valence-corrected chi connectivity index (χ3v) is 12.1. The summed E-state index contributed by atoms with van der Waals surface area (Å²) in [5, 5.41) is 38.7. The normalized spacial score (nSPS) is 15.5. The van der Waals surface area contributed by atoms with Crippen molar-refractivity contribution in [2.75, 3.05) is 18.5 Å². The molecule has 5 N–H and O–H groups in total. The van der Waals surface area contributed by atoms with Crippen molar-refractivity contribution in [1.82, 2.24) is 10.2 Å². The van der Waals surface area contributed by atoms with Crippen molar-refractivity contribution in [3.05, 3.63) is 193 Å². The van der Waals surface area contributed by atoms with E-state index in [1.54, 1.807) is 54.6 Å². The molecule has 358 valence electrons. The number of benzene rings is 6. The van der Waals surface area contributed by atoms with Crippen LogP contribution in [0.1, 0.15) is 32.7 Å². The number of carboxylic acids is 1. The summed E-state index contributed by atoms with van der Waals surface area (Å²) < 4.78 is 36.9. The number of ether oxygens (including phenoxy) is 2. The van der Waals surface area contributed by atoms with Crippen LogP contribution in [0.5, 0.6) is 11.5 Å². The van der Waals surface area contributed by atoms with Gasteiger partial charge in [-0.05, 0) is 90.0 Å². The molecule has 0 saturated heterocycles. The number of aliphatic hydroxyl groups is 1. The summed E-state index contributed by atoms with van der Waals surface area (Å²) in [7, 11) is 0. The van der Waals surface area contributed by atoms with E-state index in [9.17, 15) is 48.5 Å². The maximum Gasteiger partial charge on any atom is 0.411 e. The van der Waals surface area contributed by atoms with E-state index in [1.807, 2.05) is 0 Å². The molecule has 0 unspecified atom stereocenters. The van der Waals surface area contributed by atoms with Gasteiger partial charge >= 0.3 is 17.7 Å². The van der Waals surface area contributed by atoms with E-state index in [4.69, 9.17) is 29.9 Å². The molecule has 16 nitrogen and oxygen atoms in total. The van der Waals surface area contributed by atoms with Gasteiger partial charge in [0.25, 0.3) is 5.91 Å². The van der Waals surface area contributed by atoms with Gasteiger partial charge in [-0.2, -0.15) is 0 Å². The van der Waals surface area contributed by atoms with Crippen molar-refractivity contribution < 1.29 is 57.2 Å². The maximum atomic E-state index is 14.6. The number of aromatic carboxylic acids is 1. The third kappa shape index (κ3) is 10.2. The number of anilines is 1. The third-order valence-electron chi connectivity index (χ3n) is 11.8. The van der Waals surface area contributed by atoms with Crippen molar-refractivity contribution in [2.24, 2.45) is 0 Å². The highest BCUT2D eigenvalue weighted by Crippen LogP contribution is 2.42. The zero-order valence-electron chi connectivity index (χ0n) is 37.0. The maximum absolute atomic E-state index is 14.6. The Labute approximate surface area is 406 Å². The van der Waals surface area contributed by atoms with Gasteiger partial charge in [0, 0.05) is 58.3 Å². The van der Waals surface area contributed by atoms with Gasteiger partial charge in [0.2, 0.25) is 5.91 Å². The molecule has 0 fully saturated rings. The van der Waals surface area contributed by atoms with Crippen molar-refractivity contribution in [2.45, 2.75) is 31.2 Å². The molecule has 0 radical (unpaired) electrons. The Morgan fingerprint density at radius 2 is 1.58 bits per heavy atom. The number of phenols is 1. The monoisotopic (exact) mass is 979 g/mol. The molecule has 1 aromatic heterocycles. The zero-order chi connectivity index (χ0) is 49.9. The number of rotatable bonds is 13. The van der Waals surface area contributed by atoms with Crippen LogP contribution in [-0.4, -0.2) is 75.5 Å². The van der Waals surface area contributed by atoms with E-state index in [2.05, 4.69) is 10.6 Å². The lowest BCUT2D eigenvalue weighted by Gasteiger charge is -2.40. The van der Waals surface area contributed by atoms with Crippen LogP contribution in [0.3, 0.4) is 0 Å². The Kier molecular flexibility index (Phi) is 13.3. The molecule has 3 atom stereocenters. The lowest BCUT2D eigenvalue weighted by Crippen LogP contribution is -2.55. The molecule has 0 saturated carbocycles. The summed E-state index contributed by atoms with van der Waals surface area (Å²) >= 11 is 6.43. The summed E-state index contributed by atoms with van der Waals surface area (Å²) in [5.41, 5.74) is 0.157. The van der Waals surface area contributed by atoms with E-state index in [0.717, 1.165) is 0 Å². The summed E-state index contributed by atoms with van der Waals surface area (Å²) in [6.07, 6.45) is -2.69. The molecule has 2 heterocycles. The van der Waals surface area contributed by atoms with Crippen LogP contribution >= 0.6 is 11.6 Å². The number of aromatic hydroxyl groups is 1. The van der Waals surface area contributed by atoms with Crippen LogP contribution < -0.4 is 26.4 Å². The molecule has 9 rings (SSSR count). The second-order valence-electron chi connectivity index (χ2n) is 16.4. The van der Waals surface area contributed by atoms with E-state index in [-0.39, 0.29) is 92.9 Å². The van der Waals surface area contributed by atoms with E-state index in [0.29, 0.717) is 27.5 Å². The average molecular weight is 980 g/mol. The van der Waals surface area contributed by atoms with Gasteiger partial charge in [-0.1, -0.05) is 60.1 Å². The first-order valence-corrected chi connectivity index (χ1v) is 22.3. The fourth-order valence-corrected chi connectivity index (χ4v) is 8.60. The molecular weight excluding hydrogens is 941 g/mol. The highest BCUT2D eigenvalue weighted by molar-refractivity contribution is 6.32. The number of phenolic OH excluding ortho intramolecular Hbond substituents is 1. The van der Waals surface area contributed by atoms with Gasteiger partial charge in [-0.15, -0.1) is 0 Å². The van der Waals surface area contributed by atoms with Gasteiger partial charge in [-0.25, -0.2) is 18.8 Å². The molecule has 6 aromatic rings. The number of nitrogens with zero attached hydrogens (tertiary/aromatic N) is 1. The SMILES string of the molecule is O=C(Nc1ccc(-c2c3ccc(=O)cc-3oc3cc(O)ccc23)c(C(=O)O)c1)OCCNC(=O)C1=C[C@H](Oc2ccccc2Cl)[C@@H](O)[C@H](N(Cc2ccc(F)cc2)C(=O)c2cc3ccccc3oc2=O)C1. The fraction of sp³-hybridized carbons (Fsp3) is 0.132. The molecule has 5 aromatic carbocycles. The van der Waals surface area contributed by atoms with Crippen LogP contribution in [0.25, 0.3) is 44.4 Å². The van der Waals surface area contributed by atoms with Gasteiger partial charge in [0.05, 0.1) is 23.2 Å². The Bertz CT molecular complexity index is 3520. The smallest absolute Gasteiger partial charge is 0.411 e. The number of para-hydroxylation sites is 2. The van der Waals surface area contributed by atoms with Crippen LogP contribution in [-0.2, 0) is 16.1 Å². The van der Waals surface area contributed by atoms with Crippen molar-refractivity contribution in [1.29, 1.82) is 0 Å². The van der Waals surface area contributed by atoms with Gasteiger partial charge in [0.1, 0.15) is 58.6 Å². The van der Waals surface area contributed by atoms with Crippen molar-refractivity contribution in [3.63, 3.8) is 0 Å². The number of aliphatic hydroxyl groups excluding tert-OH is 1. The average Bonchev–Trinajstić information content (AvgIpc) is 3.35. The number of carbonyl (C=O) groups is 4. The number of amides is 3. The first-order valence-electron chi connectivity index (χ1n) is 21.9. The summed E-state index contributed by atoms with van der Waals surface area (Å²) in [6, 6.07) is 31.0. The van der Waals surface area contributed by atoms with Crippen LogP contribution in [0.15, 0.2) is 164 Å². The van der Waals surface area contributed by atoms with Crippen molar-refractivity contribution in [3.8, 4) is 33.9 Å². The van der Waals surface area contributed by atoms with Crippen LogP contribution in [0.4, 0.5) is 14.9 Å². The number of fused-ring (bicyclic) bond motifs is 3. The summed E-state index contributed by atoms with van der Waals surface area (Å²) in [5.74, 6) is -3.20. The number of carbonyl (C=O) groups excluding carboxylic acids is 3. The number of nitrogens with one attached hydrogen (secondary N) is 2. The largest absolute Gasteiger partial charge is 0.508 e. The van der Waals surface area contributed by atoms with Gasteiger partial charge in [0.15, 0.2) is 5.43 Å². The molecule has 3 amide bonds. The predicted molar refractivity (Wildman–Crippen MR) is 258 cm³/mol. The predicted octanol–water partition coefficient (Wildman–Crippen LogP) is 8.38. The van der Waals surface area contributed by atoms with Crippen LogP contribution in [0.2, 0.25) is 5.02 Å². The Morgan fingerprint density at radius 1 is 0.817 bits per heavy atom. The van der Waals surface area contributed by atoms with E-state index >= 15 is 0 Å². The molecule has 18 heteroatoms. The minimum absolute atomic E-state index is 0.0449. The van der Waals surface area contributed by atoms with E-state index in [1.165, 1.54) is 89.8 Å². The summed E-state index contributed by atoms with van der Waals surface area (Å²) in [4.78, 5) is 81.0. The minimum atomic E-state index is -1.52. The molecule has 0 spiro atoms. The minimum Gasteiger partial charge on any atom is -0.508 e. The van der Waals surface area contributed by atoms with Crippen molar-refractivity contribution >= 4 is 63.1 Å². The Hall–Kier alpha value is -8.80. The second kappa shape index (κ2) is 20.0. The van der Waals surface area contributed by atoms with Gasteiger partial charge < -0.3 is 43.8 Å². The highest BCUT2D eigenvalue weighted by atomic mass is 35.5. The van der Waals surface area contributed by atoms with E-state index < -0.39 is 53.6 Å². The number of hydrogen-bond donors (Lipinski definition) is 5. The fourth-order valence-electron chi connectivity index (χ4n) is 8.42. The molecule has 0 bridgehead atoms. The lowest BCUT2D eigenvalue weighted by atomic mass is 9.87. The molecule has 2 aliphatic carbocycles. The molecule has 71 heavy (non-hydrogen) atoms. The first kappa shape index (κ1) is 47.3. The zero-order valence-corrected chi connectivity index (χ0v) is 37.7. The number of halogens is 2. The standard InChI is InChI=1S/C53H39ClFN3O13/c54-40-6-2-4-8-43(40)69-46-23-30(22-41(48(46)61)58(27-28-9-11-31(55)12-10-28)50(63)39-21-29-5-1-3-7-42(29)71-52(39)66)49(62)56-19-20-68-53(67)57-32-13-16-35(38(24-32)51(64)65)47-36-17-14-33(59)25-44(36)70-45-26-34(60)15-18-37(45)47/h1-18,21,23-26,41,46,48,59,61H,19-20,22,27H2,(H,56,62)(H,57,67)(H,64,65)/t41-,46+,48+/m1/s1. The number of hydrogen-bond acceptors (Lipinski definition) is 12. The molecule has 3 aliphatic rings. The van der Waals surface area contributed by atoms with Crippen LogP contribution in [0, 0.1) is 5.82 Å². The Morgan fingerprint density at radius 3 is 2.37 bits per heavy atom. The topological polar surface area (TPSA) is 235 Å². The first-order chi connectivity index (χ1) is 34.2. The highest BCUT2D eigenvalue weighted by Gasteiger charge is 2.41. The molecular formula is C53H39ClFN3O13. The number of carboxylic acid groups (broad SMARTS) is 1. The Balaban J connectivity index is 0.930. The second-order valence-corrected chi connectivity index (χ2v) is 16.8.